The van der Waals surface area contributed by atoms with Gasteiger partial charge in [-0.25, -0.2) is 18.7 Å². The smallest absolute Gasteiger partial charge is 0.135 e. The third-order valence-corrected chi connectivity index (χ3v) is 4.43. The summed E-state index contributed by atoms with van der Waals surface area (Å²) in [5, 5.41) is 5.66. The van der Waals surface area contributed by atoms with E-state index in [1.165, 1.54) is 23.5 Å². The van der Waals surface area contributed by atoms with Crippen LogP contribution in [0.1, 0.15) is 15.7 Å². The number of aromatic nitrogens is 2. The Kier molecular flexibility index (Phi) is 3.58. The molecule has 1 aromatic carbocycles. The Bertz CT molecular complexity index is 749. The molecule has 3 aromatic rings. The van der Waals surface area contributed by atoms with Crippen molar-refractivity contribution in [2.24, 2.45) is 0 Å². The number of hydrogen-bond acceptors (Lipinski definition) is 4. The summed E-state index contributed by atoms with van der Waals surface area (Å²) in [6.07, 6.45) is 0.637. The van der Waals surface area contributed by atoms with Gasteiger partial charge < -0.3 is 0 Å². The molecule has 2 heterocycles. The molecule has 0 saturated heterocycles. The molecule has 6 heteroatoms. The second kappa shape index (κ2) is 5.38. The molecule has 2 nitrogen and oxygen atoms in total. The van der Waals surface area contributed by atoms with Crippen molar-refractivity contribution < 1.29 is 8.78 Å². The zero-order valence-corrected chi connectivity index (χ0v) is 12.2. The predicted octanol–water partition coefficient (Wildman–Crippen LogP) is 4.44. The summed E-state index contributed by atoms with van der Waals surface area (Å²) in [5.74, 6) is -1.17. The SMILES string of the molecule is Cc1nc(Cc2nc(-c3ccc(F)cc3F)cs2)cs1. The molecule has 0 N–H and O–H groups in total. The van der Waals surface area contributed by atoms with Gasteiger partial charge in [0.15, 0.2) is 0 Å². The summed E-state index contributed by atoms with van der Waals surface area (Å²) in [6.45, 7) is 1.95. The standard InChI is InChI=1S/C14H10F2N2S2/c1-8-17-10(6-19-8)5-14-18-13(7-20-14)11-3-2-9(15)4-12(11)16/h2-4,6-7H,5H2,1H3. The highest BCUT2D eigenvalue weighted by molar-refractivity contribution is 7.10. The van der Waals surface area contributed by atoms with Gasteiger partial charge in [0.2, 0.25) is 0 Å². The van der Waals surface area contributed by atoms with Crippen molar-refractivity contribution in [1.82, 2.24) is 9.97 Å². The molecular weight excluding hydrogens is 298 g/mol. The molecule has 3 rings (SSSR count). The number of aryl methyl sites for hydroxylation is 1. The van der Waals surface area contributed by atoms with Crippen LogP contribution in [0.5, 0.6) is 0 Å². The number of hydrogen-bond donors (Lipinski definition) is 0. The number of benzene rings is 1. The highest BCUT2D eigenvalue weighted by Gasteiger charge is 2.11. The van der Waals surface area contributed by atoms with Crippen molar-refractivity contribution in [3.63, 3.8) is 0 Å². The highest BCUT2D eigenvalue weighted by Crippen LogP contribution is 2.26. The van der Waals surface area contributed by atoms with Crippen LogP contribution in [0.25, 0.3) is 11.3 Å². The molecule has 0 amide bonds. The largest absolute Gasteiger partial charge is 0.246 e. The molecule has 0 unspecified atom stereocenters. The molecule has 20 heavy (non-hydrogen) atoms. The van der Waals surface area contributed by atoms with Crippen molar-refractivity contribution in [2.75, 3.05) is 0 Å². The van der Waals surface area contributed by atoms with Gasteiger partial charge in [-0.1, -0.05) is 0 Å². The predicted molar refractivity (Wildman–Crippen MR) is 77.1 cm³/mol. The van der Waals surface area contributed by atoms with E-state index in [0.29, 0.717) is 17.7 Å². The summed E-state index contributed by atoms with van der Waals surface area (Å²) in [7, 11) is 0. The zero-order chi connectivity index (χ0) is 14.1. The first-order chi connectivity index (χ1) is 9.61. The van der Waals surface area contributed by atoms with Crippen molar-refractivity contribution >= 4 is 22.7 Å². The van der Waals surface area contributed by atoms with Gasteiger partial charge in [0.05, 0.1) is 21.4 Å². The van der Waals surface area contributed by atoms with Crippen molar-refractivity contribution in [3.8, 4) is 11.3 Å². The Labute approximate surface area is 122 Å². The van der Waals surface area contributed by atoms with E-state index >= 15 is 0 Å². The lowest BCUT2D eigenvalue weighted by molar-refractivity contribution is 0.585. The first kappa shape index (κ1) is 13.3. The molecule has 0 radical (unpaired) electrons. The third kappa shape index (κ3) is 2.76. The molecule has 0 bridgehead atoms. The van der Waals surface area contributed by atoms with Crippen LogP contribution in [0.2, 0.25) is 0 Å². The Morgan fingerprint density at radius 3 is 2.65 bits per heavy atom. The summed E-state index contributed by atoms with van der Waals surface area (Å²) in [4.78, 5) is 8.77. The van der Waals surface area contributed by atoms with E-state index in [1.807, 2.05) is 12.3 Å². The van der Waals surface area contributed by atoms with Crippen molar-refractivity contribution in [2.45, 2.75) is 13.3 Å². The number of halogens is 2. The quantitative estimate of drug-likeness (QED) is 0.714. The van der Waals surface area contributed by atoms with Gasteiger partial charge in [-0.05, 0) is 19.1 Å². The zero-order valence-electron chi connectivity index (χ0n) is 10.6. The van der Waals surface area contributed by atoms with E-state index < -0.39 is 11.6 Å². The fourth-order valence-electron chi connectivity index (χ4n) is 1.86. The van der Waals surface area contributed by atoms with Crippen LogP contribution in [0, 0.1) is 18.6 Å². The second-order valence-corrected chi connectivity index (χ2v) is 6.29. The summed E-state index contributed by atoms with van der Waals surface area (Å²) in [6, 6.07) is 3.52. The van der Waals surface area contributed by atoms with Crippen LogP contribution in [0.15, 0.2) is 29.0 Å². The van der Waals surface area contributed by atoms with Gasteiger partial charge >= 0.3 is 0 Å². The monoisotopic (exact) mass is 308 g/mol. The Morgan fingerprint density at radius 2 is 1.95 bits per heavy atom. The molecule has 0 fully saturated rings. The highest BCUT2D eigenvalue weighted by atomic mass is 32.1. The van der Waals surface area contributed by atoms with Crippen LogP contribution in [0.4, 0.5) is 8.78 Å². The van der Waals surface area contributed by atoms with Crippen LogP contribution < -0.4 is 0 Å². The molecule has 0 saturated carbocycles. The Balaban J connectivity index is 1.86. The van der Waals surface area contributed by atoms with Crippen LogP contribution in [0.3, 0.4) is 0 Å². The van der Waals surface area contributed by atoms with E-state index in [4.69, 9.17) is 0 Å². The maximum Gasteiger partial charge on any atom is 0.135 e. The number of rotatable bonds is 3. The topological polar surface area (TPSA) is 25.8 Å². The van der Waals surface area contributed by atoms with Gasteiger partial charge in [-0.3, -0.25) is 0 Å². The molecule has 0 aliphatic heterocycles. The molecular formula is C14H10F2N2S2. The van der Waals surface area contributed by atoms with Crippen LogP contribution in [-0.4, -0.2) is 9.97 Å². The fraction of sp³-hybridized carbons (Fsp3) is 0.143. The van der Waals surface area contributed by atoms with E-state index in [1.54, 1.807) is 16.7 Å². The van der Waals surface area contributed by atoms with E-state index in [9.17, 15) is 8.78 Å². The molecule has 0 atom stereocenters. The number of thiazole rings is 2. The first-order valence-corrected chi connectivity index (χ1v) is 7.68. The fourth-order valence-corrected chi connectivity index (χ4v) is 3.28. The number of nitrogens with zero attached hydrogens (tertiary/aromatic N) is 2. The molecule has 0 spiro atoms. The van der Waals surface area contributed by atoms with Gasteiger partial charge in [0.1, 0.15) is 11.6 Å². The minimum absolute atomic E-state index is 0.323. The van der Waals surface area contributed by atoms with Crippen molar-refractivity contribution in [3.05, 3.63) is 56.3 Å². The Morgan fingerprint density at radius 1 is 1.10 bits per heavy atom. The Hall–Kier alpha value is -1.66. The average Bonchev–Trinajstić information content (AvgIpc) is 2.99. The van der Waals surface area contributed by atoms with Gasteiger partial charge in [-0.2, -0.15) is 0 Å². The minimum Gasteiger partial charge on any atom is -0.246 e. The molecule has 0 aliphatic carbocycles. The lowest BCUT2D eigenvalue weighted by Gasteiger charge is -1.98. The average molecular weight is 308 g/mol. The summed E-state index contributed by atoms with van der Waals surface area (Å²) < 4.78 is 26.6. The van der Waals surface area contributed by atoms with E-state index in [-0.39, 0.29) is 0 Å². The van der Waals surface area contributed by atoms with Gasteiger partial charge in [-0.15, -0.1) is 22.7 Å². The van der Waals surface area contributed by atoms with Crippen molar-refractivity contribution in [1.29, 1.82) is 0 Å². The van der Waals surface area contributed by atoms with E-state index in [0.717, 1.165) is 21.8 Å². The molecule has 2 aromatic heterocycles. The van der Waals surface area contributed by atoms with Crippen LogP contribution in [-0.2, 0) is 6.42 Å². The van der Waals surface area contributed by atoms with Gasteiger partial charge in [0, 0.05) is 28.8 Å². The maximum atomic E-state index is 13.7. The maximum absolute atomic E-state index is 13.7. The first-order valence-electron chi connectivity index (χ1n) is 5.92. The van der Waals surface area contributed by atoms with E-state index in [2.05, 4.69) is 9.97 Å². The normalized spacial score (nSPS) is 10.9. The van der Waals surface area contributed by atoms with Crippen LogP contribution >= 0.6 is 22.7 Å². The minimum atomic E-state index is -0.591. The second-order valence-electron chi connectivity index (χ2n) is 4.29. The molecule has 0 aliphatic rings. The molecule has 102 valence electrons. The summed E-state index contributed by atoms with van der Waals surface area (Å²) in [5.41, 5.74) is 1.82. The summed E-state index contributed by atoms with van der Waals surface area (Å²) >= 11 is 3.05. The third-order valence-electron chi connectivity index (χ3n) is 2.76. The lowest BCUT2D eigenvalue weighted by atomic mass is 10.1. The lowest BCUT2D eigenvalue weighted by Crippen LogP contribution is -1.90. The van der Waals surface area contributed by atoms with Gasteiger partial charge in [0.25, 0.3) is 0 Å².